The fourth-order valence-corrected chi connectivity index (χ4v) is 1.90. The molecule has 2 N–H and O–H groups in total. The number of ether oxygens (including phenoxy) is 1. The lowest BCUT2D eigenvalue weighted by Gasteiger charge is -2.27. The minimum absolute atomic E-state index is 0.168. The van der Waals surface area contributed by atoms with Crippen molar-refractivity contribution >= 4 is 0 Å². The van der Waals surface area contributed by atoms with Gasteiger partial charge in [0.2, 0.25) is 0 Å². The van der Waals surface area contributed by atoms with E-state index in [9.17, 15) is 0 Å². The zero-order valence-corrected chi connectivity index (χ0v) is 11.1. The van der Waals surface area contributed by atoms with Crippen LogP contribution in [0.3, 0.4) is 0 Å². The summed E-state index contributed by atoms with van der Waals surface area (Å²) in [5, 5.41) is 0. The van der Waals surface area contributed by atoms with Gasteiger partial charge in [0.25, 0.3) is 0 Å². The topological polar surface area (TPSA) is 38.5 Å². The lowest BCUT2D eigenvalue weighted by Crippen LogP contribution is -2.42. The van der Waals surface area contributed by atoms with Gasteiger partial charge in [-0.15, -0.1) is 0 Å². The Morgan fingerprint density at radius 1 is 1.29 bits per heavy atom. The normalized spacial score (nSPS) is 14.9. The molecule has 17 heavy (non-hydrogen) atoms. The fraction of sp³-hybridized carbons (Fsp3) is 0.571. The van der Waals surface area contributed by atoms with Gasteiger partial charge in [-0.3, -0.25) is 4.90 Å². The van der Waals surface area contributed by atoms with Crippen molar-refractivity contribution in [3.63, 3.8) is 0 Å². The molecule has 0 saturated heterocycles. The van der Waals surface area contributed by atoms with Crippen molar-refractivity contribution in [1.82, 2.24) is 4.90 Å². The maximum atomic E-state index is 6.16. The standard InChI is InChI=1S/C14H24N2O/c1-12(11-17-3)16(2)10-14(15)9-13-7-5-4-6-8-13/h4-8,12,14H,9-11,15H2,1-3H3. The molecule has 0 spiro atoms. The summed E-state index contributed by atoms with van der Waals surface area (Å²) in [6.07, 6.45) is 0.922. The molecule has 3 heteroatoms. The van der Waals surface area contributed by atoms with Gasteiger partial charge in [0.15, 0.2) is 0 Å². The largest absolute Gasteiger partial charge is 0.383 e. The van der Waals surface area contributed by atoms with E-state index in [1.165, 1.54) is 5.56 Å². The molecular formula is C14H24N2O. The van der Waals surface area contributed by atoms with Crippen LogP contribution in [0.1, 0.15) is 12.5 Å². The van der Waals surface area contributed by atoms with Crippen molar-refractivity contribution in [3.05, 3.63) is 35.9 Å². The van der Waals surface area contributed by atoms with Crippen LogP contribution in [0.2, 0.25) is 0 Å². The average molecular weight is 236 g/mol. The maximum absolute atomic E-state index is 6.16. The van der Waals surface area contributed by atoms with Crippen LogP contribution in [0.4, 0.5) is 0 Å². The van der Waals surface area contributed by atoms with E-state index in [1.807, 2.05) is 6.07 Å². The van der Waals surface area contributed by atoms with E-state index in [4.69, 9.17) is 10.5 Å². The summed E-state index contributed by atoms with van der Waals surface area (Å²) in [6.45, 7) is 3.78. The van der Waals surface area contributed by atoms with Gasteiger partial charge < -0.3 is 10.5 Å². The van der Waals surface area contributed by atoms with E-state index >= 15 is 0 Å². The molecule has 1 rings (SSSR count). The van der Waals surface area contributed by atoms with Crippen LogP contribution in [0.15, 0.2) is 30.3 Å². The first-order valence-electron chi connectivity index (χ1n) is 6.12. The Hall–Kier alpha value is -0.900. The lowest BCUT2D eigenvalue weighted by molar-refractivity contribution is 0.112. The Morgan fingerprint density at radius 3 is 2.53 bits per heavy atom. The number of hydrogen-bond donors (Lipinski definition) is 1. The second-order valence-electron chi connectivity index (χ2n) is 4.69. The van der Waals surface area contributed by atoms with Crippen molar-refractivity contribution in [3.8, 4) is 0 Å². The smallest absolute Gasteiger partial charge is 0.0615 e. The highest BCUT2D eigenvalue weighted by Gasteiger charge is 2.12. The molecule has 2 unspecified atom stereocenters. The van der Waals surface area contributed by atoms with E-state index in [2.05, 4.69) is 43.1 Å². The quantitative estimate of drug-likeness (QED) is 0.780. The van der Waals surface area contributed by atoms with Crippen LogP contribution in [-0.2, 0) is 11.2 Å². The van der Waals surface area contributed by atoms with E-state index in [0.717, 1.165) is 19.6 Å². The molecule has 1 aromatic rings. The molecule has 1 aromatic carbocycles. The van der Waals surface area contributed by atoms with E-state index in [0.29, 0.717) is 6.04 Å². The Morgan fingerprint density at radius 2 is 1.94 bits per heavy atom. The van der Waals surface area contributed by atoms with Gasteiger partial charge in [-0.05, 0) is 26.0 Å². The first-order chi connectivity index (χ1) is 8.13. The predicted octanol–water partition coefficient (Wildman–Crippen LogP) is 1.52. The summed E-state index contributed by atoms with van der Waals surface area (Å²) in [6, 6.07) is 11.0. The van der Waals surface area contributed by atoms with Crippen molar-refractivity contribution in [2.75, 3.05) is 27.3 Å². The summed E-state index contributed by atoms with van der Waals surface area (Å²) in [4.78, 5) is 2.25. The van der Waals surface area contributed by atoms with Crippen LogP contribution >= 0.6 is 0 Å². The van der Waals surface area contributed by atoms with Gasteiger partial charge in [-0.2, -0.15) is 0 Å². The monoisotopic (exact) mass is 236 g/mol. The van der Waals surface area contributed by atoms with Crippen molar-refractivity contribution in [1.29, 1.82) is 0 Å². The Kier molecular flexibility index (Phi) is 6.19. The van der Waals surface area contributed by atoms with Crippen LogP contribution < -0.4 is 5.73 Å². The Balaban J connectivity index is 2.36. The first-order valence-corrected chi connectivity index (χ1v) is 6.12. The molecule has 2 atom stereocenters. The molecule has 0 aliphatic carbocycles. The molecule has 0 bridgehead atoms. The summed E-state index contributed by atoms with van der Waals surface area (Å²) in [7, 11) is 3.82. The summed E-state index contributed by atoms with van der Waals surface area (Å²) < 4.78 is 5.14. The highest BCUT2D eigenvalue weighted by Crippen LogP contribution is 2.04. The van der Waals surface area contributed by atoms with Gasteiger partial charge in [0, 0.05) is 25.7 Å². The number of likely N-dealkylation sites (N-methyl/N-ethyl adjacent to an activating group) is 1. The van der Waals surface area contributed by atoms with E-state index in [-0.39, 0.29) is 6.04 Å². The second-order valence-corrected chi connectivity index (χ2v) is 4.69. The van der Waals surface area contributed by atoms with Gasteiger partial charge in [-0.1, -0.05) is 30.3 Å². The molecular weight excluding hydrogens is 212 g/mol. The molecule has 0 aliphatic heterocycles. The number of nitrogens with zero attached hydrogens (tertiary/aromatic N) is 1. The van der Waals surface area contributed by atoms with Crippen LogP contribution in [0, 0.1) is 0 Å². The highest BCUT2D eigenvalue weighted by atomic mass is 16.5. The van der Waals surface area contributed by atoms with E-state index < -0.39 is 0 Å². The van der Waals surface area contributed by atoms with Gasteiger partial charge in [0.05, 0.1) is 6.61 Å². The fourth-order valence-electron chi connectivity index (χ4n) is 1.90. The zero-order valence-electron chi connectivity index (χ0n) is 11.1. The highest BCUT2D eigenvalue weighted by molar-refractivity contribution is 5.15. The molecule has 0 aromatic heterocycles. The molecule has 96 valence electrons. The van der Waals surface area contributed by atoms with Gasteiger partial charge >= 0.3 is 0 Å². The number of nitrogens with two attached hydrogens (primary N) is 1. The molecule has 0 amide bonds. The van der Waals surface area contributed by atoms with Crippen molar-refractivity contribution < 1.29 is 4.74 Å². The zero-order chi connectivity index (χ0) is 12.7. The molecule has 0 aliphatic rings. The number of benzene rings is 1. The average Bonchev–Trinajstić information content (AvgIpc) is 2.30. The SMILES string of the molecule is COCC(C)N(C)CC(N)Cc1ccccc1. The predicted molar refractivity (Wildman–Crippen MR) is 72.1 cm³/mol. The minimum Gasteiger partial charge on any atom is -0.383 e. The summed E-state index contributed by atoms with van der Waals surface area (Å²) in [5.41, 5.74) is 7.46. The summed E-state index contributed by atoms with van der Waals surface area (Å²) in [5.74, 6) is 0. The number of methoxy groups -OCH3 is 1. The van der Waals surface area contributed by atoms with Gasteiger partial charge in [-0.25, -0.2) is 0 Å². The van der Waals surface area contributed by atoms with Crippen molar-refractivity contribution in [2.45, 2.75) is 25.4 Å². The van der Waals surface area contributed by atoms with Crippen LogP contribution in [0.5, 0.6) is 0 Å². The number of rotatable bonds is 7. The second kappa shape index (κ2) is 7.43. The van der Waals surface area contributed by atoms with E-state index in [1.54, 1.807) is 7.11 Å². The van der Waals surface area contributed by atoms with Crippen LogP contribution in [-0.4, -0.2) is 44.3 Å². The summed E-state index contributed by atoms with van der Waals surface area (Å²) >= 11 is 0. The van der Waals surface area contributed by atoms with Crippen LogP contribution in [0.25, 0.3) is 0 Å². The minimum atomic E-state index is 0.168. The number of hydrogen-bond acceptors (Lipinski definition) is 3. The maximum Gasteiger partial charge on any atom is 0.0615 e. The van der Waals surface area contributed by atoms with Crippen molar-refractivity contribution in [2.24, 2.45) is 5.73 Å². The molecule has 0 heterocycles. The molecule has 3 nitrogen and oxygen atoms in total. The molecule has 0 radical (unpaired) electrons. The third-order valence-electron chi connectivity index (χ3n) is 3.02. The third-order valence-corrected chi connectivity index (χ3v) is 3.02. The third kappa shape index (κ3) is 5.31. The molecule has 0 saturated carbocycles. The molecule has 0 fully saturated rings. The first kappa shape index (κ1) is 14.2. The Bertz CT molecular complexity index is 302. The van der Waals surface area contributed by atoms with Gasteiger partial charge in [0.1, 0.15) is 0 Å². The Labute approximate surface area is 105 Å². The lowest BCUT2D eigenvalue weighted by atomic mass is 10.1.